The maximum absolute atomic E-state index is 13.0. The molecule has 2 unspecified atom stereocenters. The van der Waals surface area contributed by atoms with E-state index in [4.69, 9.17) is 11.5 Å². The zero-order valence-corrected chi connectivity index (χ0v) is 48.2. The molecule has 0 aliphatic carbocycles. The predicted octanol–water partition coefficient (Wildman–Crippen LogP) is 9.44. The molecule has 6 aromatic rings. The van der Waals surface area contributed by atoms with Gasteiger partial charge in [-0.3, -0.25) is 48.5 Å². The number of aryl methyl sites for hydroxylation is 3. The molecule has 19 nitrogen and oxygen atoms in total. The Morgan fingerprint density at radius 1 is 0.463 bits per heavy atom. The van der Waals surface area contributed by atoms with Crippen molar-refractivity contribution in [2.45, 2.75) is 112 Å². The third-order valence-electron chi connectivity index (χ3n) is 14.2. The molecule has 6 amide bonds. The number of amides is 6. The highest BCUT2D eigenvalue weighted by Gasteiger charge is 2.36. The summed E-state index contributed by atoms with van der Waals surface area (Å²) in [5.74, 6) is -2.12. The van der Waals surface area contributed by atoms with Crippen LogP contribution in [0.25, 0.3) is 0 Å². The highest BCUT2D eigenvalue weighted by molar-refractivity contribution is 6.40. The van der Waals surface area contributed by atoms with Crippen molar-refractivity contribution in [1.82, 2.24) is 30.1 Å². The zero-order chi connectivity index (χ0) is 59.5. The van der Waals surface area contributed by atoms with Gasteiger partial charge < -0.3 is 47.9 Å². The second kappa shape index (κ2) is 30.1. The number of piperidine rings is 3. The van der Waals surface area contributed by atoms with Gasteiger partial charge in [-0.15, -0.1) is 0 Å². The molecule has 9 rings (SSSR count). The summed E-state index contributed by atoms with van der Waals surface area (Å²) < 4.78 is 0. The number of nitrogens with two attached hydrogens (primary N) is 2. The first kappa shape index (κ1) is 62.4. The molecule has 3 aliphatic rings. The van der Waals surface area contributed by atoms with Crippen LogP contribution >= 0.6 is 0 Å². The maximum Gasteiger partial charge on any atom is 0.313 e. The van der Waals surface area contributed by atoms with Gasteiger partial charge in [0.15, 0.2) is 0 Å². The van der Waals surface area contributed by atoms with Crippen molar-refractivity contribution in [3.63, 3.8) is 0 Å². The fourth-order valence-corrected chi connectivity index (χ4v) is 9.89. The largest absolute Gasteiger partial charge is 0.399 e. The van der Waals surface area contributed by atoms with Gasteiger partial charge in [0.2, 0.25) is 11.7 Å². The smallest absolute Gasteiger partial charge is 0.313 e. The number of pyridine rings is 3. The van der Waals surface area contributed by atoms with Crippen molar-refractivity contribution in [3.05, 3.63) is 162 Å². The number of Topliss-reactive ketones (excluding diaryl/α,β-unsaturated/α-hetero) is 1. The maximum atomic E-state index is 13.0. The van der Waals surface area contributed by atoms with Gasteiger partial charge in [0.25, 0.3) is 5.91 Å². The van der Waals surface area contributed by atoms with Crippen LogP contribution in [0.4, 0.5) is 34.1 Å². The van der Waals surface area contributed by atoms with Crippen LogP contribution in [-0.4, -0.2) is 85.6 Å². The highest BCUT2D eigenvalue weighted by Crippen LogP contribution is 2.36. The number of nitrogens with zero attached hydrogens (tertiary/aromatic N) is 5. The van der Waals surface area contributed by atoms with Crippen molar-refractivity contribution in [2.75, 3.05) is 52.4 Å². The average Bonchev–Trinajstić information content (AvgIpc) is 3.66. The van der Waals surface area contributed by atoms with Crippen LogP contribution in [0.5, 0.6) is 0 Å². The van der Waals surface area contributed by atoms with E-state index in [9.17, 15) is 33.6 Å². The van der Waals surface area contributed by atoms with E-state index in [0.29, 0.717) is 59.4 Å². The van der Waals surface area contributed by atoms with Crippen molar-refractivity contribution in [2.24, 2.45) is 17.8 Å². The van der Waals surface area contributed by atoms with E-state index >= 15 is 0 Å². The Kier molecular flexibility index (Phi) is 22.9. The number of anilines is 6. The minimum atomic E-state index is -0.661. The number of hydrogen-bond donors (Lipinski definition) is 7. The van der Waals surface area contributed by atoms with Gasteiger partial charge in [-0.05, 0) is 172 Å². The van der Waals surface area contributed by atoms with E-state index in [1.165, 1.54) is 50.8 Å². The Bertz CT molecular complexity index is 3150. The zero-order valence-electron chi connectivity index (χ0n) is 48.2. The Morgan fingerprint density at radius 2 is 0.841 bits per heavy atom. The SMILES string of the molecule is CC(=O)C(=O)Nc1cncc(C)c1.CC(=O)Nc1ccc([C@H]2CC[C@H](C)CN2C(=O)C(=O)Nc2cncc(C)c2)cc1.CC1CCC(c2ccc(N)cc2)NC1.Cc1cncc(NC(=O)C(=O)N2C[C@@H](C)CC[C@@H]2c2ccc(N)cc2)c1. The summed E-state index contributed by atoms with van der Waals surface area (Å²) in [5, 5.41) is 14.1. The first-order valence-corrected chi connectivity index (χ1v) is 27.7. The first-order chi connectivity index (χ1) is 39.1. The van der Waals surface area contributed by atoms with Crippen molar-refractivity contribution < 1.29 is 33.6 Å². The topological polar surface area (TPSA) is 277 Å². The lowest BCUT2D eigenvalue weighted by molar-refractivity contribution is -0.146. The molecule has 432 valence electrons. The molecule has 0 saturated carbocycles. The molecular weight excluding hydrogens is 1040 g/mol. The van der Waals surface area contributed by atoms with Crippen LogP contribution in [0.1, 0.15) is 125 Å². The van der Waals surface area contributed by atoms with Crippen molar-refractivity contribution in [3.8, 4) is 0 Å². The number of nitrogen functional groups attached to an aromatic ring is 2. The molecule has 3 aliphatic heterocycles. The summed E-state index contributed by atoms with van der Waals surface area (Å²) in [6, 6.07) is 28.7. The van der Waals surface area contributed by atoms with Gasteiger partial charge in [0, 0.05) is 68.6 Å². The number of rotatable bonds is 8. The van der Waals surface area contributed by atoms with Gasteiger partial charge in [-0.25, -0.2) is 0 Å². The quantitative estimate of drug-likeness (QED) is 0.0553. The molecule has 9 N–H and O–H groups in total. The minimum absolute atomic E-state index is 0.110. The van der Waals surface area contributed by atoms with Crippen LogP contribution in [0.2, 0.25) is 0 Å². The van der Waals surface area contributed by atoms with Crippen LogP contribution in [0.15, 0.2) is 128 Å². The van der Waals surface area contributed by atoms with Gasteiger partial charge in [0.05, 0.1) is 47.7 Å². The molecule has 0 bridgehead atoms. The second-order valence-corrected chi connectivity index (χ2v) is 21.8. The number of carbonyl (C=O) groups excluding carboxylic acids is 7. The van der Waals surface area contributed by atoms with E-state index in [0.717, 1.165) is 71.7 Å². The van der Waals surface area contributed by atoms with Crippen molar-refractivity contribution >= 4 is 75.4 Å². The summed E-state index contributed by atoms with van der Waals surface area (Å²) in [4.78, 5) is 99.0. The number of likely N-dealkylation sites (tertiary alicyclic amines) is 2. The number of nitrogens with one attached hydrogen (secondary N) is 5. The fraction of sp³-hybridized carbons (Fsp3) is 0.365. The molecular formula is C63H78N12O7. The summed E-state index contributed by atoms with van der Waals surface area (Å²) in [6.07, 6.45) is 15.8. The monoisotopic (exact) mass is 1110 g/mol. The van der Waals surface area contributed by atoms with E-state index in [-0.39, 0.29) is 18.0 Å². The lowest BCUT2D eigenvalue weighted by Gasteiger charge is -2.38. The molecule has 0 radical (unpaired) electrons. The third kappa shape index (κ3) is 19.2. The average molecular weight is 1120 g/mol. The number of benzene rings is 3. The minimum Gasteiger partial charge on any atom is -0.399 e. The number of hydrogen-bond acceptors (Lipinski definition) is 13. The van der Waals surface area contributed by atoms with E-state index in [1.807, 2.05) is 81.4 Å². The van der Waals surface area contributed by atoms with Crippen LogP contribution in [-0.2, 0) is 33.6 Å². The summed E-state index contributed by atoms with van der Waals surface area (Å²) in [5.41, 5.74) is 21.3. The molecule has 6 heterocycles. The normalized spacial score (nSPS) is 19.1. The first-order valence-electron chi connectivity index (χ1n) is 27.7. The Labute approximate surface area is 480 Å². The Hall–Kier alpha value is -8.84. The lowest BCUT2D eigenvalue weighted by Crippen LogP contribution is -2.46. The predicted molar refractivity (Wildman–Crippen MR) is 321 cm³/mol. The molecule has 3 fully saturated rings. The lowest BCUT2D eigenvalue weighted by atomic mass is 9.89. The third-order valence-corrected chi connectivity index (χ3v) is 14.2. The van der Waals surface area contributed by atoms with Crippen molar-refractivity contribution in [1.29, 1.82) is 0 Å². The molecule has 19 heteroatoms. The van der Waals surface area contributed by atoms with E-state index < -0.39 is 35.3 Å². The van der Waals surface area contributed by atoms with E-state index in [1.54, 1.807) is 46.6 Å². The molecule has 3 aromatic heterocycles. The second-order valence-electron chi connectivity index (χ2n) is 21.8. The Morgan fingerprint density at radius 3 is 1.21 bits per heavy atom. The van der Waals surface area contributed by atoms with Gasteiger partial charge in [-0.2, -0.15) is 0 Å². The number of ketones is 1. The standard InChI is InChI=1S/C22H26N4O3.C20H24N4O2.C12H18N2.C9H10N2O2/c1-14-4-9-20(17-5-7-18(8-6-17)24-16(3)27)26(13-14)22(29)21(28)25-19-10-15(2)11-23-12-19;1-13-3-8-18(15-4-6-16(21)7-5-15)24(12-13)20(26)19(25)23-17-9-14(2)10-22-11-17;1-9-2-7-12(14-8-9)10-3-5-11(13)6-4-10;1-6-3-8(5-10-4-6)11-9(13)7(2)12/h5-8,10-12,14,20H,4,9,13H2,1-3H3,(H,24,27)(H,25,28);4-7,9-11,13,18H,3,8,12,21H2,1-2H3,(H,23,25);3-6,9,12,14H,2,7-8,13H2,1H3;3-5H,1-2H3,(H,11,13)/t14-,20+;13-,18+;;/m00../s1. The molecule has 82 heavy (non-hydrogen) atoms. The van der Waals surface area contributed by atoms with E-state index in [2.05, 4.69) is 74.4 Å². The summed E-state index contributed by atoms with van der Waals surface area (Å²) >= 11 is 0. The van der Waals surface area contributed by atoms with Crippen LogP contribution < -0.4 is 38.1 Å². The summed E-state index contributed by atoms with van der Waals surface area (Å²) in [7, 11) is 0. The molecule has 0 spiro atoms. The Balaban J connectivity index is 0.000000186. The number of aromatic nitrogens is 3. The molecule has 6 atom stereocenters. The molecule has 3 saturated heterocycles. The number of carbonyl (C=O) groups is 7. The fourth-order valence-electron chi connectivity index (χ4n) is 9.89. The van der Waals surface area contributed by atoms with Crippen LogP contribution in [0, 0.1) is 38.5 Å². The van der Waals surface area contributed by atoms with Gasteiger partial charge in [0.1, 0.15) is 0 Å². The van der Waals surface area contributed by atoms with Crippen LogP contribution in [0.3, 0.4) is 0 Å². The summed E-state index contributed by atoms with van der Waals surface area (Å²) in [6.45, 7) is 17.0. The van der Waals surface area contributed by atoms with Gasteiger partial charge in [-0.1, -0.05) is 57.2 Å². The highest BCUT2D eigenvalue weighted by atomic mass is 16.2. The molecule has 3 aromatic carbocycles. The van der Waals surface area contributed by atoms with Gasteiger partial charge >= 0.3 is 23.6 Å².